The van der Waals surface area contributed by atoms with E-state index in [1.807, 2.05) is 13.8 Å². The van der Waals surface area contributed by atoms with Gasteiger partial charge < -0.3 is 5.11 Å². The monoisotopic (exact) mass is 218 g/mol. The van der Waals surface area contributed by atoms with Gasteiger partial charge in [-0.1, -0.05) is 40.0 Å². The SMILES string of the molecule is CCCCCCSC(C(=O)O)C(C)C. The van der Waals surface area contributed by atoms with Crippen molar-refractivity contribution in [2.45, 2.75) is 51.7 Å². The summed E-state index contributed by atoms with van der Waals surface area (Å²) in [6.45, 7) is 6.12. The van der Waals surface area contributed by atoms with Crippen molar-refractivity contribution in [3.63, 3.8) is 0 Å². The summed E-state index contributed by atoms with van der Waals surface area (Å²) in [4.78, 5) is 10.8. The Morgan fingerprint density at radius 2 is 1.93 bits per heavy atom. The number of carboxylic acid groups (broad SMARTS) is 1. The van der Waals surface area contributed by atoms with Gasteiger partial charge in [0.15, 0.2) is 0 Å². The molecule has 1 unspecified atom stereocenters. The lowest BCUT2D eigenvalue weighted by Crippen LogP contribution is -2.22. The van der Waals surface area contributed by atoms with E-state index in [0.29, 0.717) is 0 Å². The molecule has 0 aliphatic rings. The van der Waals surface area contributed by atoms with Gasteiger partial charge in [-0.05, 0) is 18.1 Å². The van der Waals surface area contributed by atoms with Gasteiger partial charge in [0.1, 0.15) is 5.25 Å². The van der Waals surface area contributed by atoms with Crippen LogP contribution in [0.5, 0.6) is 0 Å². The molecule has 1 N–H and O–H groups in total. The van der Waals surface area contributed by atoms with E-state index in [9.17, 15) is 4.79 Å². The van der Waals surface area contributed by atoms with Gasteiger partial charge in [-0.3, -0.25) is 4.79 Å². The Balaban J connectivity index is 3.57. The van der Waals surface area contributed by atoms with Crippen LogP contribution in [0.25, 0.3) is 0 Å². The fraction of sp³-hybridized carbons (Fsp3) is 0.909. The first-order valence-electron chi connectivity index (χ1n) is 5.44. The highest BCUT2D eigenvalue weighted by atomic mass is 32.2. The zero-order chi connectivity index (χ0) is 11.0. The van der Waals surface area contributed by atoms with Crippen molar-refractivity contribution in [3.8, 4) is 0 Å². The summed E-state index contributed by atoms with van der Waals surface area (Å²) < 4.78 is 0. The zero-order valence-electron chi connectivity index (χ0n) is 9.45. The smallest absolute Gasteiger partial charge is 0.316 e. The second-order valence-corrected chi connectivity index (χ2v) is 5.18. The molecule has 0 fully saturated rings. The predicted molar refractivity (Wildman–Crippen MR) is 62.9 cm³/mol. The lowest BCUT2D eigenvalue weighted by molar-refractivity contribution is -0.137. The highest BCUT2D eigenvalue weighted by molar-refractivity contribution is 8.00. The van der Waals surface area contributed by atoms with Crippen LogP contribution in [-0.4, -0.2) is 22.1 Å². The standard InChI is InChI=1S/C11H22O2S/c1-4-5-6-7-8-14-10(9(2)3)11(12)13/h9-10H,4-8H2,1-3H3,(H,12,13). The van der Waals surface area contributed by atoms with Gasteiger partial charge >= 0.3 is 5.97 Å². The first-order chi connectivity index (χ1) is 6.59. The molecule has 0 aromatic rings. The molecule has 0 aromatic heterocycles. The van der Waals surface area contributed by atoms with Gasteiger partial charge in [0.2, 0.25) is 0 Å². The molecule has 1 atom stereocenters. The Morgan fingerprint density at radius 3 is 2.36 bits per heavy atom. The van der Waals surface area contributed by atoms with Crippen molar-refractivity contribution in [2.75, 3.05) is 5.75 Å². The Morgan fingerprint density at radius 1 is 1.29 bits per heavy atom. The predicted octanol–water partition coefficient (Wildman–Crippen LogP) is 3.41. The molecule has 0 aliphatic carbocycles. The molecule has 2 nitrogen and oxygen atoms in total. The summed E-state index contributed by atoms with van der Waals surface area (Å²) in [5.41, 5.74) is 0. The maximum absolute atomic E-state index is 10.8. The van der Waals surface area contributed by atoms with Gasteiger partial charge in [-0.2, -0.15) is 0 Å². The van der Waals surface area contributed by atoms with Crippen LogP contribution in [0.15, 0.2) is 0 Å². The second-order valence-electron chi connectivity index (χ2n) is 3.93. The van der Waals surface area contributed by atoms with Crippen LogP contribution in [0, 0.1) is 5.92 Å². The third kappa shape index (κ3) is 6.30. The molecule has 0 heterocycles. The molecule has 0 aliphatic heterocycles. The molecule has 14 heavy (non-hydrogen) atoms. The van der Waals surface area contributed by atoms with Gasteiger partial charge in [-0.25, -0.2) is 0 Å². The zero-order valence-corrected chi connectivity index (χ0v) is 10.3. The number of carboxylic acids is 1. The van der Waals surface area contributed by atoms with Crippen LogP contribution in [0.1, 0.15) is 46.5 Å². The lowest BCUT2D eigenvalue weighted by atomic mass is 10.1. The average molecular weight is 218 g/mol. The van der Waals surface area contributed by atoms with E-state index >= 15 is 0 Å². The maximum Gasteiger partial charge on any atom is 0.316 e. The van der Waals surface area contributed by atoms with Crippen molar-refractivity contribution in [1.82, 2.24) is 0 Å². The molecule has 0 bridgehead atoms. The van der Waals surface area contributed by atoms with E-state index < -0.39 is 5.97 Å². The minimum absolute atomic E-state index is 0.225. The van der Waals surface area contributed by atoms with Crippen molar-refractivity contribution in [2.24, 2.45) is 5.92 Å². The summed E-state index contributed by atoms with van der Waals surface area (Å²) in [5, 5.41) is 8.70. The molecular weight excluding hydrogens is 196 g/mol. The van der Waals surface area contributed by atoms with E-state index in [0.717, 1.165) is 12.2 Å². The third-order valence-corrected chi connectivity index (χ3v) is 3.77. The van der Waals surface area contributed by atoms with Gasteiger partial charge in [0, 0.05) is 0 Å². The fourth-order valence-electron chi connectivity index (χ4n) is 1.29. The van der Waals surface area contributed by atoms with Crippen LogP contribution in [0.3, 0.4) is 0 Å². The van der Waals surface area contributed by atoms with Crippen molar-refractivity contribution in [3.05, 3.63) is 0 Å². The van der Waals surface area contributed by atoms with Crippen LogP contribution in [-0.2, 0) is 4.79 Å². The summed E-state index contributed by atoms with van der Waals surface area (Å²) in [6.07, 6.45) is 4.88. The Hall–Kier alpha value is -0.180. The molecule has 0 amide bonds. The van der Waals surface area contributed by atoms with Crippen LogP contribution in [0.4, 0.5) is 0 Å². The molecule has 0 rings (SSSR count). The largest absolute Gasteiger partial charge is 0.480 e. The molecule has 0 saturated heterocycles. The van der Waals surface area contributed by atoms with Crippen molar-refractivity contribution >= 4 is 17.7 Å². The number of thioether (sulfide) groups is 1. The lowest BCUT2D eigenvalue weighted by Gasteiger charge is -2.15. The average Bonchev–Trinajstić information content (AvgIpc) is 2.09. The Bertz CT molecular complexity index is 157. The molecule has 3 heteroatoms. The number of rotatable bonds is 8. The maximum atomic E-state index is 10.8. The van der Waals surface area contributed by atoms with Crippen LogP contribution in [0.2, 0.25) is 0 Å². The first-order valence-corrected chi connectivity index (χ1v) is 6.48. The van der Waals surface area contributed by atoms with E-state index in [1.54, 1.807) is 11.8 Å². The quantitative estimate of drug-likeness (QED) is 0.634. The highest BCUT2D eigenvalue weighted by Gasteiger charge is 2.20. The fourth-order valence-corrected chi connectivity index (χ4v) is 2.44. The third-order valence-electron chi connectivity index (χ3n) is 2.14. The molecule has 0 radical (unpaired) electrons. The van der Waals surface area contributed by atoms with E-state index in [-0.39, 0.29) is 11.2 Å². The number of unbranched alkanes of at least 4 members (excludes halogenated alkanes) is 3. The summed E-state index contributed by atoms with van der Waals surface area (Å²) in [7, 11) is 0. The molecule has 84 valence electrons. The molecule has 0 spiro atoms. The van der Waals surface area contributed by atoms with Crippen LogP contribution >= 0.6 is 11.8 Å². The van der Waals surface area contributed by atoms with Gasteiger partial charge in [0.25, 0.3) is 0 Å². The van der Waals surface area contributed by atoms with Gasteiger partial charge in [0.05, 0.1) is 0 Å². The number of aliphatic carboxylic acids is 1. The molecule has 0 aromatic carbocycles. The van der Waals surface area contributed by atoms with E-state index in [2.05, 4.69) is 6.92 Å². The minimum Gasteiger partial charge on any atom is -0.480 e. The van der Waals surface area contributed by atoms with E-state index in [4.69, 9.17) is 5.11 Å². The number of hydrogen-bond acceptors (Lipinski definition) is 2. The summed E-state index contributed by atoms with van der Waals surface area (Å²) in [6, 6.07) is 0. The Kier molecular flexibility index (Phi) is 8.05. The Labute approximate surface area is 91.5 Å². The summed E-state index contributed by atoms with van der Waals surface area (Å²) >= 11 is 1.59. The number of carbonyl (C=O) groups is 1. The minimum atomic E-state index is -0.666. The van der Waals surface area contributed by atoms with Gasteiger partial charge in [-0.15, -0.1) is 11.8 Å². The topological polar surface area (TPSA) is 37.3 Å². The highest BCUT2D eigenvalue weighted by Crippen LogP contribution is 2.21. The summed E-state index contributed by atoms with van der Waals surface area (Å²) in [5.74, 6) is 0.541. The first kappa shape index (κ1) is 13.8. The molecular formula is C11H22O2S. The second kappa shape index (κ2) is 8.16. The van der Waals surface area contributed by atoms with Crippen LogP contribution < -0.4 is 0 Å². The number of hydrogen-bond donors (Lipinski definition) is 1. The molecule has 0 saturated carbocycles. The normalized spacial score (nSPS) is 13.1. The van der Waals surface area contributed by atoms with Crippen molar-refractivity contribution in [1.29, 1.82) is 0 Å². The van der Waals surface area contributed by atoms with Crippen molar-refractivity contribution < 1.29 is 9.90 Å². The van der Waals surface area contributed by atoms with E-state index in [1.165, 1.54) is 19.3 Å².